The zero-order chi connectivity index (χ0) is 15.1. The van der Waals surface area contributed by atoms with E-state index in [1.54, 1.807) is 0 Å². The largest absolute Gasteiger partial charge is 0.450 e. The summed E-state index contributed by atoms with van der Waals surface area (Å²) in [7, 11) is 0. The molecule has 1 amide bonds. The molecule has 0 heterocycles. The van der Waals surface area contributed by atoms with Crippen LogP contribution in [0.15, 0.2) is 0 Å². The molecule has 3 heteroatoms. The molecule has 1 N–H and O–H groups in total. The summed E-state index contributed by atoms with van der Waals surface area (Å²) in [5.74, 6) is 0. The first-order chi connectivity index (χ1) is 9.37. The summed E-state index contributed by atoms with van der Waals surface area (Å²) in [6.45, 7) is 10.3. The lowest BCUT2D eigenvalue weighted by atomic mass is 9.64. The summed E-state index contributed by atoms with van der Waals surface area (Å²) in [6, 6.07) is 0. The minimum Gasteiger partial charge on any atom is -0.450 e. The summed E-state index contributed by atoms with van der Waals surface area (Å²) in [5.41, 5.74) is 0.516. The van der Waals surface area contributed by atoms with E-state index in [9.17, 15) is 4.79 Å². The van der Waals surface area contributed by atoms with Crippen LogP contribution in [0.4, 0.5) is 4.79 Å². The monoisotopic (exact) mass is 282 g/mol. The highest BCUT2D eigenvalue weighted by Crippen LogP contribution is 2.45. The van der Waals surface area contributed by atoms with Gasteiger partial charge in [-0.15, -0.1) is 0 Å². The van der Waals surface area contributed by atoms with Crippen molar-refractivity contribution in [3.05, 3.63) is 6.42 Å². The van der Waals surface area contributed by atoms with Gasteiger partial charge in [0.05, 0.1) is 6.61 Å². The number of amides is 1. The third kappa shape index (κ3) is 6.62. The quantitative estimate of drug-likeness (QED) is 0.686. The standard InChI is InChI=1S/C17H32NO2/c1-5-6-7-8-12-20-15(19)18-14-17(4)11-9-10-16(2,3)13-17/h9H,5-8,10-14H2,1-4H3,(H,18,19). The van der Waals surface area contributed by atoms with Gasteiger partial charge >= 0.3 is 6.09 Å². The van der Waals surface area contributed by atoms with Gasteiger partial charge in [-0.2, -0.15) is 0 Å². The number of rotatable bonds is 7. The Labute approximate surface area is 124 Å². The molecule has 0 aromatic carbocycles. The van der Waals surface area contributed by atoms with Gasteiger partial charge in [-0.3, -0.25) is 0 Å². The molecule has 1 fully saturated rings. The summed E-state index contributed by atoms with van der Waals surface area (Å²) in [5, 5.41) is 2.94. The molecule has 1 atom stereocenters. The average Bonchev–Trinajstić information content (AvgIpc) is 2.35. The number of unbranched alkanes of at least 4 members (excludes halogenated alkanes) is 3. The maximum absolute atomic E-state index is 11.7. The molecule has 1 saturated carbocycles. The van der Waals surface area contributed by atoms with E-state index >= 15 is 0 Å². The van der Waals surface area contributed by atoms with Crippen molar-refractivity contribution in [2.24, 2.45) is 10.8 Å². The van der Waals surface area contributed by atoms with E-state index in [1.165, 1.54) is 19.3 Å². The minimum atomic E-state index is -0.258. The lowest BCUT2D eigenvalue weighted by Crippen LogP contribution is -2.41. The normalized spacial score (nSPS) is 25.2. The molecule has 0 saturated heterocycles. The van der Waals surface area contributed by atoms with Crippen molar-refractivity contribution >= 4 is 6.09 Å². The van der Waals surface area contributed by atoms with Gasteiger partial charge in [0, 0.05) is 6.54 Å². The zero-order valence-corrected chi connectivity index (χ0v) is 13.8. The Morgan fingerprint density at radius 1 is 1.20 bits per heavy atom. The summed E-state index contributed by atoms with van der Waals surface area (Å²) < 4.78 is 5.22. The zero-order valence-electron chi connectivity index (χ0n) is 13.8. The van der Waals surface area contributed by atoms with Gasteiger partial charge in [-0.1, -0.05) is 47.0 Å². The van der Waals surface area contributed by atoms with Crippen LogP contribution in [-0.2, 0) is 4.74 Å². The number of alkyl carbamates (subject to hydrolysis) is 1. The third-order valence-electron chi connectivity index (χ3n) is 4.13. The molecule has 0 aliphatic heterocycles. The van der Waals surface area contributed by atoms with Crippen molar-refractivity contribution in [3.63, 3.8) is 0 Å². The van der Waals surface area contributed by atoms with E-state index in [4.69, 9.17) is 4.74 Å². The van der Waals surface area contributed by atoms with Gasteiger partial charge in [0.25, 0.3) is 0 Å². The van der Waals surface area contributed by atoms with Crippen molar-refractivity contribution in [1.82, 2.24) is 5.32 Å². The van der Waals surface area contributed by atoms with E-state index in [1.807, 2.05) is 0 Å². The molecule has 0 spiro atoms. The molecule has 117 valence electrons. The molecular weight excluding hydrogens is 250 g/mol. The van der Waals surface area contributed by atoms with Crippen LogP contribution in [0.1, 0.15) is 72.6 Å². The van der Waals surface area contributed by atoms with Crippen LogP contribution >= 0.6 is 0 Å². The molecule has 1 aliphatic carbocycles. The number of hydrogen-bond donors (Lipinski definition) is 1. The molecule has 1 rings (SSSR count). The number of ether oxygens (including phenoxy) is 1. The van der Waals surface area contributed by atoms with Gasteiger partial charge in [0.2, 0.25) is 0 Å². The average molecular weight is 282 g/mol. The second-order valence-corrected chi connectivity index (χ2v) is 7.40. The molecular formula is C17H32NO2. The minimum absolute atomic E-state index is 0.170. The fourth-order valence-corrected chi connectivity index (χ4v) is 3.28. The van der Waals surface area contributed by atoms with Crippen LogP contribution < -0.4 is 5.32 Å². The van der Waals surface area contributed by atoms with Gasteiger partial charge in [-0.05, 0) is 42.9 Å². The Bertz CT molecular complexity index is 301. The van der Waals surface area contributed by atoms with Crippen molar-refractivity contribution in [1.29, 1.82) is 0 Å². The highest BCUT2D eigenvalue weighted by molar-refractivity contribution is 5.67. The van der Waals surface area contributed by atoms with Crippen LogP contribution in [0, 0.1) is 17.3 Å². The number of nitrogens with one attached hydrogen (secondary N) is 1. The highest BCUT2D eigenvalue weighted by Gasteiger charge is 2.36. The Morgan fingerprint density at radius 3 is 2.60 bits per heavy atom. The Hall–Kier alpha value is -0.730. The molecule has 0 bridgehead atoms. The Kier molecular flexibility index (Phi) is 6.84. The number of hydrogen-bond acceptors (Lipinski definition) is 2. The Morgan fingerprint density at radius 2 is 1.95 bits per heavy atom. The fraction of sp³-hybridized carbons (Fsp3) is 0.882. The molecule has 1 unspecified atom stereocenters. The van der Waals surface area contributed by atoms with E-state index in [0.29, 0.717) is 18.6 Å². The smallest absolute Gasteiger partial charge is 0.407 e. The van der Waals surface area contributed by atoms with Crippen molar-refractivity contribution < 1.29 is 9.53 Å². The molecule has 20 heavy (non-hydrogen) atoms. The van der Waals surface area contributed by atoms with Gasteiger partial charge in [-0.25, -0.2) is 4.79 Å². The molecule has 0 aromatic heterocycles. The van der Waals surface area contributed by atoms with Crippen molar-refractivity contribution in [3.8, 4) is 0 Å². The van der Waals surface area contributed by atoms with E-state index < -0.39 is 0 Å². The topological polar surface area (TPSA) is 38.3 Å². The van der Waals surface area contributed by atoms with Crippen LogP contribution in [-0.4, -0.2) is 19.2 Å². The predicted octanol–water partition coefficient (Wildman–Crippen LogP) is 4.71. The first kappa shape index (κ1) is 17.3. The van der Waals surface area contributed by atoms with Crippen LogP contribution in [0.5, 0.6) is 0 Å². The second-order valence-electron chi connectivity index (χ2n) is 7.40. The lowest BCUT2D eigenvalue weighted by molar-refractivity contribution is 0.112. The van der Waals surface area contributed by atoms with E-state index in [-0.39, 0.29) is 11.5 Å². The van der Waals surface area contributed by atoms with Crippen LogP contribution in [0.3, 0.4) is 0 Å². The summed E-state index contributed by atoms with van der Waals surface area (Å²) in [4.78, 5) is 11.7. The second kappa shape index (κ2) is 7.90. The molecule has 3 nitrogen and oxygen atoms in total. The SMILES string of the molecule is CCCCCCOC(=O)NCC1(C)C[CH]CC(C)(C)C1. The predicted molar refractivity (Wildman–Crippen MR) is 83.5 cm³/mol. The van der Waals surface area contributed by atoms with Crippen LogP contribution in [0.25, 0.3) is 0 Å². The van der Waals surface area contributed by atoms with Gasteiger partial charge in [0.15, 0.2) is 0 Å². The Balaban J connectivity index is 2.19. The molecule has 1 radical (unpaired) electrons. The summed E-state index contributed by atoms with van der Waals surface area (Å²) >= 11 is 0. The fourth-order valence-electron chi connectivity index (χ4n) is 3.28. The van der Waals surface area contributed by atoms with E-state index in [0.717, 1.165) is 25.7 Å². The maximum Gasteiger partial charge on any atom is 0.407 e. The van der Waals surface area contributed by atoms with E-state index in [2.05, 4.69) is 39.4 Å². The third-order valence-corrected chi connectivity index (χ3v) is 4.13. The van der Waals surface area contributed by atoms with Gasteiger partial charge < -0.3 is 10.1 Å². The summed E-state index contributed by atoms with van der Waals surface area (Å²) in [6.07, 6.45) is 10.0. The van der Waals surface area contributed by atoms with Gasteiger partial charge in [0.1, 0.15) is 0 Å². The number of carbonyl (C=O) groups excluding carboxylic acids is 1. The lowest BCUT2D eigenvalue weighted by Gasteiger charge is -2.42. The maximum atomic E-state index is 11.7. The molecule has 1 aliphatic rings. The molecule has 0 aromatic rings. The number of carbonyl (C=O) groups is 1. The first-order valence-corrected chi connectivity index (χ1v) is 8.09. The van der Waals surface area contributed by atoms with Crippen molar-refractivity contribution in [2.45, 2.75) is 72.6 Å². The van der Waals surface area contributed by atoms with Crippen LogP contribution in [0.2, 0.25) is 0 Å². The highest BCUT2D eigenvalue weighted by atomic mass is 16.5. The van der Waals surface area contributed by atoms with Crippen molar-refractivity contribution in [2.75, 3.05) is 13.2 Å². The first-order valence-electron chi connectivity index (χ1n) is 8.09.